The third-order valence-electron chi connectivity index (χ3n) is 3.60. The average molecular weight is 290 g/mol. The summed E-state index contributed by atoms with van der Waals surface area (Å²) < 4.78 is 0. The van der Waals surface area contributed by atoms with Crippen LogP contribution in [0, 0.1) is 13.8 Å². The summed E-state index contributed by atoms with van der Waals surface area (Å²) in [6.07, 6.45) is 2.19. The van der Waals surface area contributed by atoms with Crippen molar-refractivity contribution >= 4 is 16.5 Å². The Balaban J connectivity index is 1.82. The minimum Gasteiger partial charge on any atom is -0.347 e. The van der Waals surface area contributed by atoms with Crippen molar-refractivity contribution in [3.63, 3.8) is 0 Å². The van der Waals surface area contributed by atoms with Crippen LogP contribution in [-0.2, 0) is 0 Å². The molecule has 0 aliphatic carbocycles. The van der Waals surface area contributed by atoms with E-state index in [1.165, 1.54) is 0 Å². The van der Waals surface area contributed by atoms with Gasteiger partial charge in [0.25, 0.3) is 5.56 Å². The summed E-state index contributed by atoms with van der Waals surface area (Å²) in [6.45, 7) is 5.77. The molecule has 0 radical (unpaired) electrons. The third-order valence-corrected chi connectivity index (χ3v) is 4.62. The lowest BCUT2D eigenvalue weighted by molar-refractivity contribution is 0.498. The fourth-order valence-electron chi connectivity index (χ4n) is 2.69. The van der Waals surface area contributed by atoms with Gasteiger partial charge in [-0.3, -0.25) is 4.79 Å². The van der Waals surface area contributed by atoms with Crippen LogP contribution in [0.5, 0.6) is 0 Å². The van der Waals surface area contributed by atoms with Gasteiger partial charge >= 0.3 is 0 Å². The summed E-state index contributed by atoms with van der Waals surface area (Å²) in [7, 11) is 0. The highest BCUT2D eigenvalue weighted by Gasteiger charge is 2.24. The molecule has 0 unspecified atom stereocenters. The zero-order chi connectivity index (χ0) is 14.1. The number of aromatic nitrogens is 3. The summed E-state index contributed by atoms with van der Waals surface area (Å²) in [4.78, 5) is 25.6. The van der Waals surface area contributed by atoms with Crippen molar-refractivity contribution in [3.05, 3.63) is 39.0 Å². The van der Waals surface area contributed by atoms with Gasteiger partial charge in [-0.15, -0.1) is 11.3 Å². The molecule has 3 rings (SSSR count). The molecule has 0 bridgehead atoms. The van der Waals surface area contributed by atoms with Crippen molar-refractivity contribution in [1.29, 1.82) is 0 Å². The maximum atomic E-state index is 11.6. The van der Waals surface area contributed by atoms with Crippen LogP contribution >= 0.6 is 11.3 Å². The van der Waals surface area contributed by atoms with Crippen molar-refractivity contribution < 1.29 is 0 Å². The fourth-order valence-corrected chi connectivity index (χ4v) is 3.53. The second kappa shape index (κ2) is 5.36. The maximum Gasteiger partial charge on any atom is 0.251 e. The van der Waals surface area contributed by atoms with Crippen molar-refractivity contribution in [2.75, 3.05) is 18.0 Å². The number of H-pyrrole nitrogens is 1. The number of aryl methyl sites for hydroxylation is 2. The first kappa shape index (κ1) is 13.3. The van der Waals surface area contributed by atoms with Gasteiger partial charge in [0.1, 0.15) is 5.82 Å². The number of hydrogen-bond acceptors (Lipinski definition) is 5. The van der Waals surface area contributed by atoms with E-state index in [2.05, 4.69) is 25.2 Å². The zero-order valence-corrected chi connectivity index (χ0v) is 12.5. The van der Waals surface area contributed by atoms with E-state index in [4.69, 9.17) is 0 Å². The molecule has 2 aromatic heterocycles. The van der Waals surface area contributed by atoms with Crippen LogP contribution in [0.3, 0.4) is 0 Å². The van der Waals surface area contributed by atoms with E-state index in [0.717, 1.165) is 42.5 Å². The number of aromatic amines is 1. The molecule has 20 heavy (non-hydrogen) atoms. The normalized spacial score (nSPS) is 19.3. The van der Waals surface area contributed by atoms with E-state index in [0.29, 0.717) is 11.7 Å². The number of nitrogens with one attached hydrogen (secondary N) is 1. The number of rotatable bonds is 2. The highest BCUT2D eigenvalue weighted by Crippen LogP contribution is 2.30. The first-order valence-electron chi connectivity index (χ1n) is 6.87. The van der Waals surface area contributed by atoms with Crippen LogP contribution in [0.2, 0.25) is 0 Å². The standard InChI is InChI=1S/C14H18N4OS/c1-9-8-20-14(15-9)18-5-3-4-11(7-18)12-6-13(19)17-10(2)16-12/h6,8,11H,3-5,7H2,1-2H3,(H,16,17,19)/t11-/m1/s1. The number of anilines is 1. The SMILES string of the molecule is Cc1csc(N2CCC[C@@H](c3cc(=O)[nH]c(C)n3)C2)n1. The van der Waals surface area contributed by atoms with E-state index in [-0.39, 0.29) is 5.56 Å². The van der Waals surface area contributed by atoms with Gasteiger partial charge in [-0.25, -0.2) is 9.97 Å². The fraction of sp³-hybridized carbons (Fsp3) is 0.500. The van der Waals surface area contributed by atoms with Crippen molar-refractivity contribution in [2.45, 2.75) is 32.6 Å². The molecule has 5 nitrogen and oxygen atoms in total. The largest absolute Gasteiger partial charge is 0.347 e. The van der Waals surface area contributed by atoms with Gasteiger partial charge < -0.3 is 9.88 Å². The highest BCUT2D eigenvalue weighted by molar-refractivity contribution is 7.13. The summed E-state index contributed by atoms with van der Waals surface area (Å²) >= 11 is 1.69. The highest BCUT2D eigenvalue weighted by atomic mass is 32.1. The molecule has 0 aromatic carbocycles. The number of piperidine rings is 1. The molecule has 1 atom stereocenters. The van der Waals surface area contributed by atoms with Crippen LogP contribution in [0.15, 0.2) is 16.2 Å². The van der Waals surface area contributed by atoms with Gasteiger partial charge in [0.05, 0.1) is 11.4 Å². The summed E-state index contributed by atoms with van der Waals surface area (Å²) in [5.74, 6) is 1.00. The van der Waals surface area contributed by atoms with Crippen LogP contribution in [-0.4, -0.2) is 28.0 Å². The Morgan fingerprint density at radius 1 is 1.40 bits per heavy atom. The third kappa shape index (κ3) is 2.75. The van der Waals surface area contributed by atoms with E-state index >= 15 is 0 Å². The molecule has 1 aliphatic rings. The molecule has 2 aromatic rings. The van der Waals surface area contributed by atoms with E-state index in [1.54, 1.807) is 17.4 Å². The molecular formula is C14H18N4OS. The van der Waals surface area contributed by atoms with Gasteiger partial charge in [0.2, 0.25) is 0 Å². The second-order valence-electron chi connectivity index (χ2n) is 5.31. The van der Waals surface area contributed by atoms with Gasteiger partial charge in [-0.1, -0.05) is 0 Å². The number of hydrogen-bond donors (Lipinski definition) is 1. The van der Waals surface area contributed by atoms with E-state index < -0.39 is 0 Å². The van der Waals surface area contributed by atoms with E-state index in [1.807, 2.05) is 13.8 Å². The minimum absolute atomic E-state index is 0.0604. The lowest BCUT2D eigenvalue weighted by atomic mass is 9.95. The lowest BCUT2D eigenvalue weighted by Gasteiger charge is -2.32. The smallest absolute Gasteiger partial charge is 0.251 e. The van der Waals surface area contributed by atoms with Gasteiger partial charge in [0.15, 0.2) is 5.13 Å². The molecule has 1 aliphatic heterocycles. The predicted molar refractivity (Wildman–Crippen MR) is 80.6 cm³/mol. The molecule has 0 saturated carbocycles. The van der Waals surface area contributed by atoms with Crippen LogP contribution in [0.1, 0.15) is 36.0 Å². The van der Waals surface area contributed by atoms with Gasteiger partial charge in [0, 0.05) is 30.5 Å². The number of nitrogens with zero attached hydrogens (tertiary/aromatic N) is 3. The Morgan fingerprint density at radius 3 is 2.95 bits per heavy atom. The second-order valence-corrected chi connectivity index (χ2v) is 6.15. The Hall–Kier alpha value is -1.69. The van der Waals surface area contributed by atoms with Crippen LogP contribution in [0.25, 0.3) is 0 Å². The molecule has 1 N–H and O–H groups in total. The lowest BCUT2D eigenvalue weighted by Crippen LogP contribution is -2.35. The summed E-state index contributed by atoms with van der Waals surface area (Å²) in [5, 5.41) is 3.16. The molecule has 3 heterocycles. The van der Waals surface area contributed by atoms with Gasteiger partial charge in [-0.05, 0) is 26.7 Å². The number of thiazole rings is 1. The van der Waals surface area contributed by atoms with Crippen LogP contribution < -0.4 is 10.5 Å². The van der Waals surface area contributed by atoms with Crippen molar-refractivity contribution in [1.82, 2.24) is 15.0 Å². The quantitative estimate of drug-likeness (QED) is 0.921. The first-order chi connectivity index (χ1) is 9.61. The van der Waals surface area contributed by atoms with Crippen molar-refractivity contribution in [3.8, 4) is 0 Å². The zero-order valence-electron chi connectivity index (χ0n) is 11.7. The maximum absolute atomic E-state index is 11.6. The molecule has 106 valence electrons. The molecule has 0 amide bonds. The van der Waals surface area contributed by atoms with Crippen LogP contribution in [0.4, 0.5) is 5.13 Å². The van der Waals surface area contributed by atoms with Crippen molar-refractivity contribution in [2.24, 2.45) is 0 Å². The minimum atomic E-state index is -0.0604. The Labute approximate surface area is 121 Å². The molecular weight excluding hydrogens is 272 g/mol. The molecule has 0 spiro atoms. The topological polar surface area (TPSA) is 61.9 Å². The Morgan fingerprint density at radius 2 is 2.25 bits per heavy atom. The average Bonchev–Trinajstić information content (AvgIpc) is 2.85. The Bertz CT molecular complexity index is 663. The summed E-state index contributed by atoms with van der Waals surface area (Å²) in [5.41, 5.74) is 1.91. The summed E-state index contributed by atoms with van der Waals surface area (Å²) in [6, 6.07) is 1.63. The Kier molecular flexibility index (Phi) is 3.56. The van der Waals surface area contributed by atoms with E-state index in [9.17, 15) is 4.79 Å². The molecule has 1 saturated heterocycles. The predicted octanol–water partition coefficient (Wildman–Crippen LogP) is 2.23. The molecule has 6 heteroatoms. The monoisotopic (exact) mass is 290 g/mol. The van der Waals surface area contributed by atoms with Gasteiger partial charge in [-0.2, -0.15) is 0 Å². The molecule has 1 fully saturated rings. The first-order valence-corrected chi connectivity index (χ1v) is 7.75.